The molecule has 0 aliphatic carbocycles. The van der Waals surface area contributed by atoms with Gasteiger partial charge < -0.3 is 14.6 Å². The van der Waals surface area contributed by atoms with Crippen LogP contribution in [0.1, 0.15) is 47.7 Å². The third kappa shape index (κ3) is 5.70. The van der Waals surface area contributed by atoms with Crippen LogP contribution >= 0.6 is 0 Å². The van der Waals surface area contributed by atoms with Gasteiger partial charge in [-0.3, -0.25) is 9.59 Å². The lowest BCUT2D eigenvalue weighted by Gasteiger charge is -2.17. The summed E-state index contributed by atoms with van der Waals surface area (Å²) < 4.78 is 9.04. The lowest BCUT2D eigenvalue weighted by Crippen LogP contribution is -2.21. The Balaban J connectivity index is 1.47. The van der Waals surface area contributed by atoms with Gasteiger partial charge in [0.05, 0.1) is 24.2 Å². The normalized spacial score (nSPS) is 11.6. The van der Waals surface area contributed by atoms with Crippen molar-refractivity contribution in [1.29, 1.82) is 0 Å². The zero-order valence-electron chi connectivity index (χ0n) is 27.0. The molecular weight excluding hydrogens is 574 g/mol. The van der Waals surface area contributed by atoms with Gasteiger partial charge in [-0.25, -0.2) is 4.98 Å². The van der Waals surface area contributed by atoms with Gasteiger partial charge in [-0.15, -0.1) is 0 Å². The van der Waals surface area contributed by atoms with E-state index in [0.717, 1.165) is 55.9 Å². The van der Waals surface area contributed by atoms with Crippen LogP contribution in [0.3, 0.4) is 0 Å². The molecule has 8 nitrogen and oxygen atoms in total. The van der Waals surface area contributed by atoms with Gasteiger partial charge in [0, 0.05) is 33.4 Å². The van der Waals surface area contributed by atoms with Crippen molar-refractivity contribution in [3.05, 3.63) is 123 Å². The molecule has 0 fully saturated rings. The Labute approximate surface area is 268 Å². The van der Waals surface area contributed by atoms with Crippen LogP contribution < -0.4 is 15.6 Å². The van der Waals surface area contributed by atoms with Crippen LogP contribution in [0.4, 0.5) is 5.69 Å². The number of benzene rings is 4. The molecule has 0 saturated heterocycles. The smallest absolute Gasteiger partial charge is 0.282 e. The van der Waals surface area contributed by atoms with Crippen molar-refractivity contribution >= 4 is 39.6 Å². The number of hydrogen-bond acceptors (Lipinski definition) is 5. The number of fused-ring (bicyclic) bond motifs is 2. The van der Waals surface area contributed by atoms with Crippen molar-refractivity contribution < 1.29 is 9.53 Å². The largest absolute Gasteiger partial charge is 0.496 e. The SMILES string of the molecule is COc1cc(C)c(-c2nc3ccccc3c(=O)n2N=Cc2c(C)n(CC(=O)Nc3ccc(C)cc3)c3ccccc23)cc1C(C)C. The summed E-state index contributed by atoms with van der Waals surface area (Å²) in [5.74, 6) is 1.30. The van der Waals surface area contributed by atoms with Gasteiger partial charge in [-0.1, -0.05) is 61.9 Å². The highest BCUT2D eigenvalue weighted by molar-refractivity contribution is 6.02. The predicted octanol–water partition coefficient (Wildman–Crippen LogP) is 7.60. The Bertz CT molecular complexity index is 2190. The number of amides is 1. The van der Waals surface area contributed by atoms with Crippen LogP contribution in [0, 0.1) is 20.8 Å². The van der Waals surface area contributed by atoms with E-state index in [1.54, 1.807) is 19.4 Å². The average molecular weight is 612 g/mol. The van der Waals surface area contributed by atoms with E-state index in [-0.39, 0.29) is 23.9 Å². The summed E-state index contributed by atoms with van der Waals surface area (Å²) >= 11 is 0. The number of aryl methyl sites for hydroxylation is 2. The van der Waals surface area contributed by atoms with Crippen LogP contribution in [-0.4, -0.2) is 33.5 Å². The topological polar surface area (TPSA) is 90.5 Å². The summed E-state index contributed by atoms with van der Waals surface area (Å²) in [6, 6.07) is 27.0. The third-order valence-corrected chi connectivity index (χ3v) is 8.41. The van der Waals surface area contributed by atoms with Gasteiger partial charge in [0.1, 0.15) is 12.3 Å². The fourth-order valence-electron chi connectivity index (χ4n) is 5.89. The molecule has 232 valence electrons. The number of methoxy groups -OCH3 is 1. The average Bonchev–Trinajstić information content (AvgIpc) is 3.31. The van der Waals surface area contributed by atoms with E-state index in [1.165, 1.54) is 4.68 Å². The van der Waals surface area contributed by atoms with Crippen molar-refractivity contribution in [2.75, 3.05) is 12.4 Å². The van der Waals surface area contributed by atoms with E-state index in [9.17, 15) is 9.59 Å². The first-order chi connectivity index (χ1) is 22.2. The van der Waals surface area contributed by atoms with Gasteiger partial charge >= 0.3 is 0 Å². The first-order valence-electron chi connectivity index (χ1n) is 15.4. The minimum atomic E-state index is -0.267. The van der Waals surface area contributed by atoms with Gasteiger partial charge in [0.2, 0.25) is 5.91 Å². The first-order valence-corrected chi connectivity index (χ1v) is 15.4. The Morgan fingerprint density at radius 2 is 1.65 bits per heavy atom. The van der Waals surface area contributed by atoms with E-state index in [4.69, 9.17) is 14.8 Å². The number of carbonyl (C=O) groups excluding carboxylic acids is 1. The van der Waals surface area contributed by atoms with E-state index in [2.05, 4.69) is 19.2 Å². The first kappa shape index (κ1) is 30.5. The number of ether oxygens (including phenoxy) is 1. The molecule has 0 saturated carbocycles. The minimum absolute atomic E-state index is 0.125. The highest BCUT2D eigenvalue weighted by atomic mass is 16.5. The number of rotatable bonds is 8. The number of anilines is 1. The van der Waals surface area contributed by atoms with E-state index < -0.39 is 0 Å². The van der Waals surface area contributed by atoms with E-state index in [0.29, 0.717) is 16.7 Å². The summed E-state index contributed by atoms with van der Waals surface area (Å²) in [5.41, 5.74) is 7.52. The van der Waals surface area contributed by atoms with Crippen molar-refractivity contribution in [1.82, 2.24) is 14.2 Å². The summed E-state index contributed by atoms with van der Waals surface area (Å²) in [7, 11) is 1.67. The molecule has 46 heavy (non-hydrogen) atoms. The van der Waals surface area contributed by atoms with Crippen molar-refractivity contribution in [2.45, 2.75) is 47.1 Å². The second-order valence-corrected chi connectivity index (χ2v) is 11.9. The molecule has 0 spiro atoms. The molecule has 2 heterocycles. The number of carbonyl (C=O) groups is 1. The highest BCUT2D eigenvalue weighted by Gasteiger charge is 2.20. The van der Waals surface area contributed by atoms with Crippen molar-refractivity contribution in [3.63, 3.8) is 0 Å². The molecule has 0 radical (unpaired) electrons. The number of nitrogens with one attached hydrogen (secondary N) is 1. The Hall–Kier alpha value is -5.50. The summed E-state index contributed by atoms with van der Waals surface area (Å²) in [5, 5.41) is 9.21. The van der Waals surface area contributed by atoms with Crippen LogP contribution in [0.5, 0.6) is 5.75 Å². The summed E-state index contributed by atoms with van der Waals surface area (Å²) in [6.07, 6.45) is 1.70. The molecule has 6 rings (SSSR count). The van der Waals surface area contributed by atoms with Gasteiger partial charge in [-0.2, -0.15) is 9.78 Å². The fourth-order valence-corrected chi connectivity index (χ4v) is 5.89. The molecule has 4 aromatic carbocycles. The third-order valence-electron chi connectivity index (χ3n) is 8.41. The zero-order chi connectivity index (χ0) is 32.5. The lowest BCUT2D eigenvalue weighted by atomic mass is 9.96. The Morgan fingerprint density at radius 3 is 2.37 bits per heavy atom. The molecular formula is C38H37N5O3. The number of hydrogen-bond donors (Lipinski definition) is 1. The number of para-hydroxylation sites is 2. The Kier molecular flexibility index (Phi) is 8.28. The molecule has 8 heteroatoms. The van der Waals surface area contributed by atoms with Crippen molar-refractivity contribution in [3.8, 4) is 17.1 Å². The molecule has 1 amide bonds. The van der Waals surface area contributed by atoms with Gasteiger partial charge in [0.25, 0.3) is 5.56 Å². The number of aromatic nitrogens is 3. The van der Waals surface area contributed by atoms with Crippen LogP contribution in [0.15, 0.2) is 94.8 Å². The number of nitrogens with zero attached hydrogens (tertiary/aromatic N) is 4. The maximum absolute atomic E-state index is 14.0. The van der Waals surface area contributed by atoms with Crippen molar-refractivity contribution in [2.24, 2.45) is 5.10 Å². The maximum atomic E-state index is 14.0. The lowest BCUT2D eigenvalue weighted by molar-refractivity contribution is -0.116. The van der Waals surface area contributed by atoms with Gasteiger partial charge in [-0.05, 0) is 80.3 Å². The quantitative estimate of drug-likeness (QED) is 0.180. The standard InChI is InChI=1S/C38H37N5O3/c1-23(2)30-20-31(25(4)19-35(30)46-6)37-41-33-13-9-7-12-29(33)38(45)43(37)39-21-32-26(5)42(34-14-10-8-11-28(32)34)22-36(44)40-27-17-15-24(3)16-18-27/h7-21,23H,22H2,1-6H3,(H,40,44). The molecule has 1 N–H and O–H groups in total. The maximum Gasteiger partial charge on any atom is 0.282 e. The second kappa shape index (κ2) is 12.5. The van der Waals surface area contributed by atoms with Gasteiger partial charge in [0.15, 0.2) is 5.82 Å². The van der Waals surface area contributed by atoms with Crippen LogP contribution in [-0.2, 0) is 11.3 Å². The summed E-state index contributed by atoms with van der Waals surface area (Å²) in [6.45, 7) is 10.3. The van der Waals surface area contributed by atoms with E-state index >= 15 is 0 Å². The molecule has 2 aromatic heterocycles. The molecule has 0 bridgehead atoms. The fraction of sp³-hybridized carbons (Fsp3) is 0.211. The molecule has 0 aliphatic heterocycles. The Morgan fingerprint density at radius 1 is 0.957 bits per heavy atom. The minimum Gasteiger partial charge on any atom is -0.496 e. The zero-order valence-corrected chi connectivity index (χ0v) is 27.0. The van der Waals surface area contributed by atoms with Crippen LogP contribution in [0.2, 0.25) is 0 Å². The second-order valence-electron chi connectivity index (χ2n) is 11.9. The molecule has 6 aromatic rings. The molecule has 0 unspecified atom stereocenters. The predicted molar refractivity (Wildman–Crippen MR) is 186 cm³/mol. The molecule has 0 atom stereocenters. The summed E-state index contributed by atoms with van der Waals surface area (Å²) in [4.78, 5) is 32.1. The highest BCUT2D eigenvalue weighted by Crippen LogP contribution is 2.34. The molecule has 0 aliphatic rings. The van der Waals surface area contributed by atoms with E-state index in [1.807, 2.05) is 104 Å². The monoisotopic (exact) mass is 611 g/mol. The van der Waals surface area contributed by atoms with Crippen LogP contribution in [0.25, 0.3) is 33.2 Å².